The van der Waals surface area contributed by atoms with Gasteiger partial charge in [0.15, 0.2) is 6.61 Å². The number of benzene rings is 2. The molecule has 1 amide bonds. The molecule has 0 aliphatic carbocycles. The first-order valence-corrected chi connectivity index (χ1v) is 10.7. The highest BCUT2D eigenvalue weighted by Crippen LogP contribution is 2.27. The molecule has 0 aliphatic heterocycles. The third-order valence-electron chi connectivity index (χ3n) is 3.85. The lowest BCUT2D eigenvalue weighted by molar-refractivity contribution is -0.148. The van der Waals surface area contributed by atoms with Gasteiger partial charge in [-0.1, -0.05) is 29.3 Å². The lowest BCUT2D eigenvalue weighted by Gasteiger charge is -2.15. The molecule has 2 rings (SSSR count). The van der Waals surface area contributed by atoms with Crippen molar-refractivity contribution in [1.29, 1.82) is 0 Å². The van der Waals surface area contributed by atoms with Crippen LogP contribution in [0.25, 0.3) is 0 Å². The number of amides is 1. The zero-order chi connectivity index (χ0) is 21.8. The number of hydrogen-bond acceptors (Lipinski definition) is 5. The summed E-state index contributed by atoms with van der Waals surface area (Å²) in [5.74, 6) is -1.50. The fourth-order valence-electron chi connectivity index (χ4n) is 2.47. The Balaban J connectivity index is 1.93. The van der Waals surface area contributed by atoms with Gasteiger partial charge >= 0.3 is 5.97 Å². The number of anilines is 1. The minimum atomic E-state index is -3.95. The van der Waals surface area contributed by atoms with Crippen LogP contribution in [-0.4, -0.2) is 32.9 Å². The molecule has 0 aromatic heterocycles. The first-order chi connectivity index (χ1) is 13.5. The predicted octanol–water partition coefficient (Wildman–Crippen LogP) is 3.46. The summed E-state index contributed by atoms with van der Waals surface area (Å²) in [6, 6.07) is 7.80. The van der Waals surface area contributed by atoms with Crippen molar-refractivity contribution in [3.05, 3.63) is 57.6 Å². The average Bonchev–Trinajstić information content (AvgIpc) is 2.62. The molecule has 0 fully saturated rings. The topological polar surface area (TPSA) is 102 Å². The molecule has 29 heavy (non-hydrogen) atoms. The standard InChI is InChI=1S/C19H20Cl2N2O5S/c1-11-8-12(2)18(16(21)9-11)22-17(24)10-28-19(25)13(3)23-29(26,27)15-6-4-14(20)5-7-15/h4-9,13,23H,10H2,1-3H3,(H,22,24)/t13-/m0/s1. The molecule has 0 heterocycles. The number of ether oxygens (including phenoxy) is 1. The van der Waals surface area contributed by atoms with E-state index < -0.39 is 34.5 Å². The largest absolute Gasteiger partial charge is 0.454 e. The van der Waals surface area contributed by atoms with E-state index in [4.69, 9.17) is 27.9 Å². The second-order valence-electron chi connectivity index (χ2n) is 6.39. The Morgan fingerprint density at radius 3 is 2.31 bits per heavy atom. The van der Waals surface area contributed by atoms with Crippen molar-refractivity contribution >= 4 is 50.8 Å². The summed E-state index contributed by atoms with van der Waals surface area (Å²) < 4.78 is 31.7. The van der Waals surface area contributed by atoms with Crippen molar-refractivity contribution in [3.63, 3.8) is 0 Å². The first-order valence-electron chi connectivity index (χ1n) is 8.50. The van der Waals surface area contributed by atoms with Crippen LogP contribution in [0.5, 0.6) is 0 Å². The van der Waals surface area contributed by atoms with Crippen molar-refractivity contribution in [3.8, 4) is 0 Å². The Bertz CT molecular complexity index is 1000. The zero-order valence-electron chi connectivity index (χ0n) is 16.0. The van der Waals surface area contributed by atoms with Gasteiger partial charge in [-0.3, -0.25) is 9.59 Å². The fourth-order valence-corrected chi connectivity index (χ4v) is 4.16. The van der Waals surface area contributed by atoms with Gasteiger partial charge < -0.3 is 10.1 Å². The number of aryl methyl sites for hydroxylation is 2. The van der Waals surface area contributed by atoms with E-state index >= 15 is 0 Å². The molecule has 0 unspecified atom stereocenters. The summed E-state index contributed by atoms with van der Waals surface area (Å²) in [6.45, 7) is 4.39. The van der Waals surface area contributed by atoms with E-state index in [1.54, 1.807) is 13.0 Å². The molecule has 0 spiro atoms. The molecule has 0 saturated carbocycles. The van der Waals surface area contributed by atoms with Gasteiger partial charge in [-0.2, -0.15) is 4.72 Å². The van der Waals surface area contributed by atoms with Crippen LogP contribution in [0.1, 0.15) is 18.1 Å². The van der Waals surface area contributed by atoms with Crippen LogP contribution in [0.2, 0.25) is 10.0 Å². The van der Waals surface area contributed by atoms with E-state index in [1.165, 1.54) is 31.2 Å². The number of carbonyl (C=O) groups is 2. The van der Waals surface area contributed by atoms with Gasteiger partial charge in [0.1, 0.15) is 6.04 Å². The Hall–Kier alpha value is -2.13. The highest BCUT2D eigenvalue weighted by atomic mass is 35.5. The monoisotopic (exact) mass is 458 g/mol. The van der Waals surface area contributed by atoms with Crippen molar-refractivity contribution in [2.45, 2.75) is 31.7 Å². The van der Waals surface area contributed by atoms with Crippen LogP contribution in [0.15, 0.2) is 41.3 Å². The molecule has 0 radical (unpaired) electrons. The summed E-state index contributed by atoms with van der Waals surface area (Å²) in [6.07, 6.45) is 0. The number of hydrogen-bond donors (Lipinski definition) is 2. The van der Waals surface area contributed by atoms with Crippen LogP contribution in [0, 0.1) is 13.8 Å². The number of nitrogens with one attached hydrogen (secondary N) is 2. The number of esters is 1. The van der Waals surface area contributed by atoms with E-state index in [9.17, 15) is 18.0 Å². The Morgan fingerprint density at radius 1 is 1.10 bits per heavy atom. The maximum absolute atomic E-state index is 12.3. The molecule has 2 N–H and O–H groups in total. The summed E-state index contributed by atoms with van der Waals surface area (Å²) in [7, 11) is -3.95. The Labute approximate surface area is 179 Å². The van der Waals surface area contributed by atoms with Crippen LogP contribution in [-0.2, 0) is 24.3 Å². The molecular weight excluding hydrogens is 439 g/mol. The van der Waals surface area contributed by atoms with Gasteiger partial charge in [0.05, 0.1) is 15.6 Å². The van der Waals surface area contributed by atoms with Gasteiger partial charge in [-0.15, -0.1) is 0 Å². The van der Waals surface area contributed by atoms with Crippen molar-refractivity contribution < 1.29 is 22.7 Å². The molecule has 2 aromatic carbocycles. The number of halogens is 2. The number of sulfonamides is 1. The highest BCUT2D eigenvalue weighted by molar-refractivity contribution is 7.89. The smallest absolute Gasteiger partial charge is 0.324 e. The highest BCUT2D eigenvalue weighted by Gasteiger charge is 2.24. The van der Waals surface area contributed by atoms with Crippen LogP contribution >= 0.6 is 23.2 Å². The molecule has 0 aliphatic rings. The van der Waals surface area contributed by atoms with Gasteiger partial charge in [-0.05, 0) is 62.2 Å². The van der Waals surface area contributed by atoms with E-state index in [0.29, 0.717) is 15.7 Å². The molecule has 1 atom stereocenters. The Morgan fingerprint density at radius 2 is 1.72 bits per heavy atom. The second-order valence-corrected chi connectivity index (χ2v) is 8.95. The van der Waals surface area contributed by atoms with Gasteiger partial charge in [-0.25, -0.2) is 8.42 Å². The third kappa shape index (κ3) is 6.43. The third-order valence-corrected chi connectivity index (χ3v) is 5.96. The first kappa shape index (κ1) is 23.2. The minimum Gasteiger partial charge on any atom is -0.454 e. The predicted molar refractivity (Wildman–Crippen MR) is 112 cm³/mol. The second kappa shape index (κ2) is 9.58. The summed E-state index contributed by atoms with van der Waals surface area (Å²) in [4.78, 5) is 24.1. The summed E-state index contributed by atoms with van der Waals surface area (Å²) >= 11 is 11.9. The molecule has 7 nitrogen and oxygen atoms in total. The van der Waals surface area contributed by atoms with E-state index in [2.05, 4.69) is 10.0 Å². The summed E-state index contributed by atoms with van der Waals surface area (Å²) in [5.41, 5.74) is 2.13. The number of rotatable bonds is 7. The average molecular weight is 459 g/mol. The molecule has 2 aromatic rings. The van der Waals surface area contributed by atoms with Crippen LogP contribution in [0.4, 0.5) is 5.69 Å². The molecule has 156 valence electrons. The summed E-state index contributed by atoms with van der Waals surface area (Å²) in [5, 5.41) is 3.33. The van der Waals surface area contributed by atoms with Gasteiger partial charge in [0.25, 0.3) is 5.91 Å². The maximum Gasteiger partial charge on any atom is 0.324 e. The lowest BCUT2D eigenvalue weighted by Crippen LogP contribution is -2.40. The molecular formula is C19H20Cl2N2O5S. The van der Waals surface area contributed by atoms with Crippen LogP contribution < -0.4 is 10.0 Å². The molecule has 10 heteroatoms. The van der Waals surface area contributed by atoms with E-state index in [1.807, 2.05) is 13.0 Å². The lowest BCUT2D eigenvalue weighted by atomic mass is 10.1. The minimum absolute atomic E-state index is 0.0521. The van der Waals surface area contributed by atoms with Crippen LogP contribution in [0.3, 0.4) is 0 Å². The van der Waals surface area contributed by atoms with E-state index in [-0.39, 0.29) is 4.90 Å². The van der Waals surface area contributed by atoms with Gasteiger partial charge in [0, 0.05) is 5.02 Å². The quantitative estimate of drug-likeness (QED) is 0.618. The van der Waals surface area contributed by atoms with Crippen molar-refractivity contribution in [2.24, 2.45) is 0 Å². The number of carbonyl (C=O) groups excluding carboxylic acids is 2. The molecule has 0 saturated heterocycles. The Kier molecular flexibility index (Phi) is 7.65. The van der Waals surface area contributed by atoms with Crippen molar-refractivity contribution in [1.82, 2.24) is 4.72 Å². The maximum atomic E-state index is 12.3. The van der Waals surface area contributed by atoms with Gasteiger partial charge in [0.2, 0.25) is 10.0 Å². The molecule has 0 bridgehead atoms. The SMILES string of the molecule is Cc1cc(C)c(NC(=O)COC(=O)[C@H](C)NS(=O)(=O)c2ccc(Cl)cc2)c(Cl)c1. The van der Waals surface area contributed by atoms with E-state index in [0.717, 1.165) is 11.1 Å². The zero-order valence-corrected chi connectivity index (χ0v) is 18.3. The fraction of sp³-hybridized carbons (Fsp3) is 0.263. The van der Waals surface area contributed by atoms with Crippen molar-refractivity contribution in [2.75, 3.05) is 11.9 Å². The normalized spacial score (nSPS) is 12.3.